The van der Waals surface area contributed by atoms with Gasteiger partial charge in [-0.05, 0) is 28.7 Å². The second-order valence-corrected chi connectivity index (χ2v) is 9.15. The molecule has 0 aliphatic carbocycles. The summed E-state index contributed by atoms with van der Waals surface area (Å²) < 4.78 is 13.7. The van der Waals surface area contributed by atoms with Crippen molar-refractivity contribution in [1.82, 2.24) is 10.2 Å². The van der Waals surface area contributed by atoms with Crippen molar-refractivity contribution in [2.45, 2.75) is 45.0 Å². The predicted octanol–water partition coefficient (Wildman–Crippen LogP) is 4.17. The van der Waals surface area contributed by atoms with E-state index in [0.717, 1.165) is 11.1 Å². The van der Waals surface area contributed by atoms with Crippen molar-refractivity contribution < 1.29 is 14.0 Å². The van der Waals surface area contributed by atoms with Gasteiger partial charge in [-0.15, -0.1) is 0 Å². The first-order valence-electron chi connectivity index (χ1n) is 10.4. The molecule has 1 N–H and O–H groups in total. The van der Waals surface area contributed by atoms with Gasteiger partial charge in [0.05, 0.1) is 0 Å². The maximum absolute atomic E-state index is 13.7. The van der Waals surface area contributed by atoms with Crippen LogP contribution < -0.4 is 5.32 Å². The number of nitrogens with zero attached hydrogens (tertiary/aromatic N) is 1. The molecule has 1 atom stereocenters. The van der Waals surface area contributed by atoms with Gasteiger partial charge < -0.3 is 10.2 Å². The summed E-state index contributed by atoms with van der Waals surface area (Å²) in [4.78, 5) is 27.5. The van der Waals surface area contributed by atoms with Crippen LogP contribution in [0.25, 0.3) is 0 Å². The molecule has 6 heteroatoms. The van der Waals surface area contributed by atoms with Crippen LogP contribution in [0.1, 0.15) is 37.0 Å². The Morgan fingerprint density at radius 1 is 1.13 bits per heavy atom. The number of benzene rings is 2. The molecule has 0 spiro atoms. The number of thioether (sulfide) groups is 1. The smallest absolute Gasteiger partial charge is 0.243 e. The van der Waals surface area contributed by atoms with Gasteiger partial charge in [0.1, 0.15) is 11.9 Å². The second kappa shape index (κ2) is 10.6. The van der Waals surface area contributed by atoms with Gasteiger partial charge in [0.2, 0.25) is 11.8 Å². The zero-order chi connectivity index (χ0) is 21.5. The van der Waals surface area contributed by atoms with Crippen molar-refractivity contribution >= 4 is 23.6 Å². The molecule has 0 saturated heterocycles. The highest BCUT2D eigenvalue weighted by Crippen LogP contribution is 2.25. The van der Waals surface area contributed by atoms with Gasteiger partial charge in [0.25, 0.3) is 0 Å². The summed E-state index contributed by atoms with van der Waals surface area (Å²) in [6, 6.07) is 14.3. The molecule has 1 aliphatic heterocycles. The second-order valence-electron chi connectivity index (χ2n) is 8.04. The molecular weight excluding hydrogens is 399 g/mol. The minimum atomic E-state index is -0.484. The molecule has 0 fully saturated rings. The molecule has 1 heterocycles. The molecule has 160 valence electrons. The topological polar surface area (TPSA) is 49.4 Å². The summed E-state index contributed by atoms with van der Waals surface area (Å²) in [6.45, 7) is 4.99. The van der Waals surface area contributed by atoms with Gasteiger partial charge in [0.15, 0.2) is 0 Å². The average Bonchev–Trinajstić information content (AvgIpc) is 2.73. The summed E-state index contributed by atoms with van der Waals surface area (Å²) in [5.74, 6) is 1.20. The summed E-state index contributed by atoms with van der Waals surface area (Å²) in [6.07, 6.45) is 0.971. The molecule has 1 aliphatic rings. The fraction of sp³-hybridized carbons (Fsp3) is 0.417. The van der Waals surface area contributed by atoms with Crippen molar-refractivity contribution in [2.75, 3.05) is 12.3 Å². The Bertz CT molecular complexity index is 887. The third-order valence-corrected chi connectivity index (χ3v) is 6.22. The molecular formula is C24H29FN2O2S. The largest absolute Gasteiger partial charge is 0.353 e. The van der Waals surface area contributed by atoms with E-state index < -0.39 is 6.04 Å². The van der Waals surface area contributed by atoms with Crippen LogP contribution in [-0.4, -0.2) is 35.1 Å². The molecule has 3 rings (SSSR count). The van der Waals surface area contributed by atoms with Crippen molar-refractivity contribution in [2.24, 2.45) is 5.92 Å². The molecule has 0 bridgehead atoms. The molecule has 1 unspecified atom stereocenters. The van der Waals surface area contributed by atoms with E-state index in [1.54, 1.807) is 28.8 Å². The number of fused-ring (bicyclic) bond motifs is 1. The van der Waals surface area contributed by atoms with Gasteiger partial charge in [-0.25, -0.2) is 4.39 Å². The molecule has 0 aromatic heterocycles. The van der Waals surface area contributed by atoms with Crippen molar-refractivity contribution in [3.8, 4) is 0 Å². The Labute approximate surface area is 182 Å². The first kappa shape index (κ1) is 22.3. The van der Waals surface area contributed by atoms with E-state index in [1.807, 2.05) is 44.2 Å². The van der Waals surface area contributed by atoms with Crippen LogP contribution in [0.2, 0.25) is 0 Å². The van der Waals surface area contributed by atoms with Gasteiger partial charge in [-0.3, -0.25) is 9.59 Å². The molecule has 0 saturated carbocycles. The van der Waals surface area contributed by atoms with E-state index >= 15 is 0 Å². The van der Waals surface area contributed by atoms with E-state index in [1.165, 1.54) is 6.07 Å². The highest BCUT2D eigenvalue weighted by molar-refractivity contribution is 7.98. The van der Waals surface area contributed by atoms with Crippen molar-refractivity contribution in [3.05, 3.63) is 71.0 Å². The van der Waals surface area contributed by atoms with E-state index in [2.05, 4.69) is 5.32 Å². The normalized spacial score (nSPS) is 15.7. The lowest BCUT2D eigenvalue weighted by Gasteiger charge is -2.36. The number of amides is 2. The van der Waals surface area contributed by atoms with Crippen LogP contribution in [0.15, 0.2) is 48.5 Å². The van der Waals surface area contributed by atoms with E-state index in [4.69, 9.17) is 0 Å². The van der Waals surface area contributed by atoms with Gasteiger partial charge in [0, 0.05) is 37.4 Å². The minimum absolute atomic E-state index is 0.0218. The van der Waals surface area contributed by atoms with Crippen LogP contribution in [0, 0.1) is 11.7 Å². The highest BCUT2D eigenvalue weighted by atomic mass is 32.2. The van der Waals surface area contributed by atoms with Crippen molar-refractivity contribution in [3.63, 3.8) is 0 Å². The number of halogens is 1. The average molecular weight is 429 g/mol. The molecule has 4 nitrogen and oxygen atoms in total. The first-order valence-corrected chi connectivity index (χ1v) is 11.6. The molecule has 0 radical (unpaired) electrons. The molecule has 2 amide bonds. The van der Waals surface area contributed by atoms with Crippen molar-refractivity contribution in [1.29, 1.82) is 0 Å². The predicted molar refractivity (Wildman–Crippen MR) is 120 cm³/mol. The summed E-state index contributed by atoms with van der Waals surface area (Å²) >= 11 is 1.58. The number of carbonyl (C=O) groups excluding carboxylic acids is 2. The third kappa shape index (κ3) is 5.85. The quantitative estimate of drug-likeness (QED) is 0.642. The summed E-state index contributed by atoms with van der Waals surface area (Å²) in [5.41, 5.74) is 2.91. The number of carbonyl (C=O) groups is 2. The zero-order valence-electron chi connectivity index (χ0n) is 17.6. The Balaban J connectivity index is 1.56. The lowest BCUT2D eigenvalue weighted by Crippen LogP contribution is -2.53. The Morgan fingerprint density at radius 3 is 2.57 bits per heavy atom. The summed E-state index contributed by atoms with van der Waals surface area (Å²) in [7, 11) is 0. The fourth-order valence-electron chi connectivity index (χ4n) is 3.65. The lowest BCUT2D eigenvalue weighted by atomic mass is 9.92. The van der Waals surface area contributed by atoms with Gasteiger partial charge in [-0.1, -0.05) is 56.3 Å². The van der Waals surface area contributed by atoms with E-state index in [0.29, 0.717) is 43.0 Å². The molecule has 2 aromatic carbocycles. The van der Waals surface area contributed by atoms with Crippen LogP contribution >= 0.6 is 11.8 Å². The monoisotopic (exact) mass is 428 g/mol. The minimum Gasteiger partial charge on any atom is -0.353 e. The van der Waals surface area contributed by atoms with E-state index in [9.17, 15) is 14.0 Å². The van der Waals surface area contributed by atoms with Crippen LogP contribution in [0.5, 0.6) is 0 Å². The van der Waals surface area contributed by atoms with Crippen LogP contribution in [-0.2, 0) is 28.3 Å². The van der Waals surface area contributed by atoms with Crippen LogP contribution in [0.4, 0.5) is 4.39 Å². The highest BCUT2D eigenvalue weighted by Gasteiger charge is 2.34. The van der Waals surface area contributed by atoms with Gasteiger partial charge in [-0.2, -0.15) is 11.8 Å². The maximum Gasteiger partial charge on any atom is 0.243 e. The third-order valence-electron chi connectivity index (χ3n) is 5.22. The SMILES string of the molecule is CC(C)CC(=O)N1Cc2ccccc2CC1C(=O)NCCSCc1ccccc1F. The first-order chi connectivity index (χ1) is 14.5. The maximum atomic E-state index is 13.7. The van der Waals surface area contributed by atoms with Crippen LogP contribution in [0.3, 0.4) is 0 Å². The Hall–Kier alpha value is -2.34. The number of nitrogens with one attached hydrogen (secondary N) is 1. The number of hydrogen-bond donors (Lipinski definition) is 1. The molecule has 2 aromatic rings. The summed E-state index contributed by atoms with van der Waals surface area (Å²) in [5, 5.41) is 2.97. The Morgan fingerprint density at radius 2 is 1.83 bits per heavy atom. The lowest BCUT2D eigenvalue weighted by molar-refractivity contribution is -0.142. The fourth-order valence-corrected chi connectivity index (χ4v) is 4.49. The number of rotatable bonds is 8. The van der Waals surface area contributed by atoms with Gasteiger partial charge >= 0.3 is 0 Å². The molecule has 30 heavy (non-hydrogen) atoms. The Kier molecular flexibility index (Phi) is 7.91. The zero-order valence-corrected chi connectivity index (χ0v) is 18.4. The number of hydrogen-bond acceptors (Lipinski definition) is 3. The standard InChI is InChI=1S/C24H29FN2O2S/c1-17(2)13-23(28)27-15-19-8-4-3-7-18(19)14-22(27)24(29)26-11-12-30-16-20-9-5-6-10-21(20)25/h3-10,17,22H,11-16H2,1-2H3,(H,26,29). The van der Waals surface area contributed by atoms with E-state index in [-0.39, 0.29) is 23.5 Å².